The first kappa shape index (κ1) is 24.1. The Kier molecular flexibility index (Phi) is 8.17. The summed E-state index contributed by atoms with van der Waals surface area (Å²) in [5.41, 5.74) is 1.57. The van der Waals surface area contributed by atoms with Crippen molar-refractivity contribution < 1.29 is 13.9 Å². The van der Waals surface area contributed by atoms with E-state index < -0.39 is 11.9 Å². The van der Waals surface area contributed by atoms with Gasteiger partial charge in [-0.05, 0) is 49.7 Å². The Morgan fingerprint density at radius 2 is 2.09 bits per heavy atom. The lowest BCUT2D eigenvalue weighted by atomic mass is 10.2. The van der Waals surface area contributed by atoms with Gasteiger partial charge in [-0.15, -0.1) is 16.8 Å². The van der Waals surface area contributed by atoms with E-state index in [1.54, 1.807) is 29.7 Å². The zero-order chi connectivity index (χ0) is 23.3. The van der Waals surface area contributed by atoms with E-state index in [1.807, 2.05) is 13.0 Å². The molecule has 1 amide bonds. The number of aromatic nitrogens is 3. The quantitative estimate of drug-likeness (QED) is 0.288. The standard InChI is InChI=1S/C22H21Cl2FN4O2S/c1-4-9-29-21(14(3)31-19-8-7-16(25)11-17(19)24)27-28-22(29)32-12-20(30)26-18-10-15(23)6-5-13(18)2/h4-8,10-11,14H,1,9,12H2,2-3H3,(H,26,30). The highest BCUT2D eigenvalue weighted by molar-refractivity contribution is 7.99. The van der Waals surface area contributed by atoms with E-state index in [9.17, 15) is 9.18 Å². The van der Waals surface area contributed by atoms with Crippen molar-refractivity contribution in [3.05, 3.63) is 76.3 Å². The number of benzene rings is 2. The number of hydrogen-bond donors (Lipinski definition) is 1. The highest BCUT2D eigenvalue weighted by Crippen LogP contribution is 2.30. The van der Waals surface area contributed by atoms with Crippen LogP contribution < -0.4 is 10.1 Å². The predicted molar refractivity (Wildman–Crippen MR) is 126 cm³/mol. The molecule has 1 aromatic heterocycles. The van der Waals surface area contributed by atoms with Gasteiger partial charge in [0.1, 0.15) is 11.6 Å². The van der Waals surface area contributed by atoms with E-state index in [0.717, 1.165) is 5.56 Å². The molecule has 0 saturated heterocycles. The van der Waals surface area contributed by atoms with Crippen molar-refractivity contribution in [1.29, 1.82) is 0 Å². The first-order chi connectivity index (χ1) is 15.3. The maximum absolute atomic E-state index is 13.3. The van der Waals surface area contributed by atoms with Crippen LogP contribution in [0.4, 0.5) is 10.1 Å². The van der Waals surface area contributed by atoms with Gasteiger partial charge in [-0.25, -0.2) is 4.39 Å². The Labute approximate surface area is 199 Å². The second kappa shape index (κ2) is 10.8. The minimum atomic E-state index is -0.525. The number of rotatable bonds is 9. The van der Waals surface area contributed by atoms with Crippen molar-refractivity contribution in [2.24, 2.45) is 0 Å². The molecule has 10 heteroatoms. The molecule has 1 N–H and O–H groups in total. The fraction of sp³-hybridized carbons (Fsp3) is 0.227. The van der Waals surface area contributed by atoms with E-state index in [1.165, 1.54) is 30.0 Å². The largest absolute Gasteiger partial charge is 0.481 e. The van der Waals surface area contributed by atoms with Gasteiger partial charge in [0, 0.05) is 17.3 Å². The molecular weight excluding hydrogens is 474 g/mol. The summed E-state index contributed by atoms with van der Waals surface area (Å²) < 4.78 is 20.9. The number of carbonyl (C=O) groups excluding carboxylic acids is 1. The van der Waals surface area contributed by atoms with Crippen molar-refractivity contribution in [3.63, 3.8) is 0 Å². The van der Waals surface area contributed by atoms with Gasteiger partial charge in [0.2, 0.25) is 5.91 Å². The van der Waals surface area contributed by atoms with Gasteiger partial charge in [-0.3, -0.25) is 9.36 Å². The summed E-state index contributed by atoms with van der Waals surface area (Å²) in [6, 6.07) is 9.22. The number of nitrogens with one attached hydrogen (secondary N) is 1. The third-order valence-electron chi connectivity index (χ3n) is 4.42. The summed E-state index contributed by atoms with van der Waals surface area (Å²) in [7, 11) is 0. The fourth-order valence-corrected chi connectivity index (χ4v) is 4.01. The molecule has 1 atom stereocenters. The molecule has 0 bridgehead atoms. The summed E-state index contributed by atoms with van der Waals surface area (Å²) in [6.07, 6.45) is 1.17. The average Bonchev–Trinajstić information content (AvgIpc) is 3.14. The molecule has 0 aliphatic carbocycles. The van der Waals surface area contributed by atoms with Crippen molar-refractivity contribution in [1.82, 2.24) is 14.8 Å². The Morgan fingerprint density at radius 3 is 2.81 bits per heavy atom. The SMILES string of the molecule is C=CCn1c(SCC(=O)Nc2cc(Cl)ccc2C)nnc1C(C)Oc1ccc(F)cc1Cl. The smallest absolute Gasteiger partial charge is 0.234 e. The number of nitrogens with zero attached hydrogens (tertiary/aromatic N) is 3. The molecule has 0 fully saturated rings. The lowest BCUT2D eigenvalue weighted by Crippen LogP contribution is -2.16. The normalized spacial score (nSPS) is 11.8. The zero-order valence-electron chi connectivity index (χ0n) is 17.4. The number of allylic oxidation sites excluding steroid dienone is 1. The molecule has 32 heavy (non-hydrogen) atoms. The predicted octanol–water partition coefficient (Wildman–Crippen LogP) is 6.09. The molecule has 0 spiro atoms. The van der Waals surface area contributed by atoms with Gasteiger partial charge < -0.3 is 10.1 Å². The van der Waals surface area contributed by atoms with Crippen LogP contribution in [0.3, 0.4) is 0 Å². The molecule has 0 saturated carbocycles. The number of aryl methyl sites for hydroxylation is 1. The molecule has 0 aliphatic heterocycles. The fourth-order valence-electron chi connectivity index (χ4n) is 2.87. The van der Waals surface area contributed by atoms with Crippen LogP contribution in [0.1, 0.15) is 24.4 Å². The van der Waals surface area contributed by atoms with Crippen LogP contribution in [-0.4, -0.2) is 26.4 Å². The van der Waals surface area contributed by atoms with Crippen LogP contribution in [0.5, 0.6) is 5.75 Å². The summed E-state index contributed by atoms with van der Waals surface area (Å²) >= 11 is 13.3. The van der Waals surface area contributed by atoms with E-state index in [-0.39, 0.29) is 16.7 Å². The number of hydrogen-bond acceptors (Lipinski definition) is 5. The van der Waals surface area contributed by atoms with Crippen LogP contribution >= 0.6 is 35.0 Å². The molecule has 0 radical (unpaired) electrons. The molecule has 3 aromatic rings. The maximum atomic E-state index is 13.3. The van der Waals surface area contributed by atoms with Crippen molar-refractivity contribution >= 4 is 46.6 Å². The summed E-state index contributed by atoms with van der Waals surface area (Å²) in [5, 5.41) is 12.5. The Balaban J connectivity index is 1.70. The molecule has 2 aromatic carbocycles. The van der Waals surface area contributed by atoms with Crippen molar-refractivity contribution in [3.8, 4) is 5.75 Å². The molecule has 6 nitrogen and oxygen atoms in total. The molecule has 168 valence electrons. The van der Waals surface area contributed by atoms with E-state index in [0.29, 0.717) is 34.0 Å². The Bertz CT molecular complexity index is 1140. The topological polar surface area (TPSA) is 69.0 Å². The van der Waals surface area contributed by atoms with Crippen molar-refractivity contribution in [2.75, 3.05) is 11.1 Å². The first-order valence-electron chi connectivity index (χ1n) is 9.63. The second-order valence-corrected chi connectivity index (χ2v) is 8.66. The van der Waals surface area contributed by atoms with Gasteiger partial charge in [0.05, 0.1) is 10.8 Å². The van der Waals surface area contributed by atoms with Gasteiger partial charge >= 0.3 is 0 Å². The van der Waals surface area contributed by atoms with Crippen molar-refractivity contribution in [2.45, 2.75) is 31.7 Å². The van der Waals surface area contributed by atoms with Crippen LogP contribution in [0.15, 0.2) is 54.2 Å². The average molecular weight is 495 g/mol. The second-order valence-electron chi connectivity index (χ2n) is 6.87. The molecule has 1 unspecified atom stereocenters. The molecule has 3 rings (SSSR count). The van der Waals surface area contributed by atoms with Gasteiger partial charge in [0.25, 0.3) is 0 Å². The minimum Gasteiger partial charge on any atom is -0.481 e. The molecule has 1 heterocycles. The van der Waals surface area contributed by atoms with Gasteiger partial charge in [-0.2, -0.15) is 0 Å². The first-order valence-corrected chi connectivity index (χ1v) is 11.4. The third kappa shape index (κ3) is 6.03. The van der Waals surface area contributed by atoms with E-state index in [4.69, 9.17) is 27.9 Å². The third-order valence-corrected chi connectivity index (χ3v) is 5.92. The summed E-state index contributed by atoms with van der Waals surface area (Å²) in [6.45, 7) is 7.87. The van der Waals surface area contributed by atoms with Crippen LogP contribution in [0, 0.1) is 12.7 Å². The number of halogens is 3. The number of amides is 1. The minimum absolute atomic E-state index is 0.125. The lowest BCUT2D eigenvalue weighted by molar-refractivity contribution is -0.113. The van der Waals surface area contributed by atoms with Gasteiger partial charge in [0.15, 0.2) is 17.1 Å². The van der Waals surface area contributed by atoms with Crippen LogP contribution in [0.2, 0.25) is 10.0 Å². The highest BCUT2D eigenvalue weighted by atomic mass is 35.5. The van der Waals surface area contributed by atoms with E-state index >= 15 is 0 Å². The van der Waals surface area contributed by atoms with E-state index in [2.05, 4.69) is 22.1 Å². The molecule has 0 aliphatic rings. The Morgan fingerprint density at radius 1 is 1.31 bits per heavy atom. The molecular formula is C22H21Cl2FN4O2S. The summed E-state index contributed by atoms with van der Waals surface area (Å²) in [5.74, 6) is 0.338. The summed E-state index contributed by atoms with van der Waals surface area (Å²) in [4.78, 5) is 12.4. The van der Waals surface area contributed by atoms with Crippen LogP contribution in [0.25, 0.3) is 0 Å². The monoisotopic (exact) mass is 494 g/mol. The number of thioether (sulfide) groups is 1. The number of ether oxygens (including phenoxy) is 1. The lowest BCUT2D eigenvalue weighted by Gasteiger charge is -2.16. The number of anilines is 1. The maximum Gasteiger partial charge on any atom is 0.234 e. The van der Waals surface area contributed by atoms with Gasteiger partial charge in [-0.1, -0.05) is 47.1 Å². The Hall–Kier alpha value is -2.55. The zero-order valence-corrected chi connectivity index (χ0v) is 19.8. The highest BCUT2D eigenvalue weighted by Gasteiger charge is 2.21. The van der Waals surface area contributed by atoms with Crippen LogP contribution in [-0.2, 0) is 11.3 Å². The number of carbonyl (C=O) groups is 1.